The number of benzene rings is 1. The Balaban J connectivity index is 1.84. The summed E-state index contributed by atoms with van der Waals surface area (Å²) in [6.45, 7) is 4.70. The molecule has 1 fully saturated rings. The Morgan fingerprint density at radius 2 is 1.76 bits per heavy atom. The van der Waals surface area contributed by atoms with Crippen LogP contribution in [0.2, 0.25) is 0 Å². The van der Waals surface area contributed by atoms with Crippen LogP contribution in [0, 0.1) is 0 Å². The lowest BCUT2D eigenvalue weighted by atomic mass is 10.1. The molecule has 0 radical (unpaired) electrons. The molecule has 0 bridgehead atoms. The highest BCUT2D eigenvalue weighted by Crippen LogP contribution is 2.16. The first-order chi connectivity index (χ1) is 8.38. The smallest absolute Gasteiger partial charge is 0.119 e. The van der Waals surface area contributed by atoms with Gasteiger partial charge in [0.15, 0.2) is 0 Å². The van der Waals surface area contributed by atoms with Crippen LogP contribution in [0.25, 0.3) is 0 Å². The average Bonchev–Trinajstić information content (AvgIpc) is 2.39. The number of hydrogen-bond acceptors (Lipinski definition) is 3. The van der Waals surface area contributed by atoms with Crippen LogP contribution in [-0.2, 0) is 6.54 Å². The minimum Gasteiger partial charge on any atom is -0.492 e. The molecular formula is C14H22N2O. The molecule has 94 valence electrons. The summed E-state index contributed by atoms with van der Waals surface area (Å²) >= 11 is 0. The fourth-order valence-electron chi connectivity index (χ4n) is 2.24. The van der Waals surface area contributed by atoms with Crippen molar-refractivity contribution in [3.63, 3.8) is 0 Å². The van der Waals surface area contributed by atoms with Crippen LogP contribution >= 0.6 is 0 Å². The molecule has 0 spiro atoms. The number of rotatable bonds is 5. The summed E-state index contributed by atoms with van der Waals surface area (Å²) in [6.07, 6.45) is 4.08. The molecular weight excluding hydrogens is 212 g/mol. The summed E-state index contributed by atoms with van der Waals surface area (Å²) in [7, 11) is 0. The van der Waals surface area contributed by atoms with Gasteiger partial charge in [0, 0.05) is 13.1 Å². The van der Waals surface area contributed by atoms with E-state index in [0.29, 0.717) is 13.2 Å². The predicted molar refractivity (Wildman–Crippen MR) is 70.1 cm³/mol. The second-order valence-corrected chi connectivity index (χ2v) is 4.62. The zero-order chi connectivity index (χ0) is 11.9. The lowest BCUT2D eigenvalue weighted by Gasteiger charge is -2.26. The summed E-state index contributed by atoms with van der Waals surface area (Å²) in [4.78, 5) is 2.53. The summed E-state index contributed by atoms with van der Waals surface area (Å²) in [6, 6.07) is 8.38. The molecule has 1 aromatic rings. The summed E-state index contributed by atoms with van der Waals surface area (Å²) < 4.78 is 5.46. The molecule has 3 heteroatoms. The highest BCUT2D eigenvalue weighted by molar-refractivity contribution is 5.27. The fraction of sp³-hybridized carbons (Fsp3) is 0.571. The van der Waals surface area contributed by atoms with Gasteiger partial charge in [0.05, 0.1) is 0 Å². The van der Waals surface area contributed by atoms with E-state index < -0.39 is 0 Å². The van der Waals surface area contributed by atoms with Gasteiger partial charge in [-0.15, -0.1) is 0 Å². The maximum atomic E-state index is 5.46. The molecule has 1 aliphatic rings. The SMILES string of the molecule is NCCOc1ccc(CN2CCCCC2)cc1. The van der Waals surface area contributed by atoms with Crippen LogP contribution in [0.5, 0.6) is 5.75 Å². The van der Waals surface area contributed by atoms with Crippen molar-refractivity contribution in [3.8, 4) is 5.75 Å². The molecule has 0 aliphatic carbocycles. The van der Waals surface area contributed by atoms with Crippen LogP contribution in [0.4, 0.5) is 0 Å². The molecule has 0 atom stereocenters. The van der Waals surface area contributed by atoms with Gasteiger partial charge in [-0.3, -0.25) is 4.90 Å². The lowest BCUT2D eigenvalue weighted by Crippen LogP contribution is -2.29. The third kappa shape index (κ3) is 4.02. The van der Waals surface area contributed by atoms with E-state index >= 15 is 0 Å². The topological polar surface area (TPSA) is 38.5 Å². The molecule has 0 saturated carbocycles. The Bertz CT molecular complexity index is 317. The average molecular weight is 234 g/mol. The molecule has 3 nitrogen and oxygen atoms in total. The first-order valence-corrected chi connectivity index (χ1v) is 6.52. The van der Waals surface area contributed by atoms with Gasteiger partial charge in [0.1, 0.15) is 12.4 Å². The van der Waals surface area contributed by atoms with Gasteiger partial charge in [0.25, 0.3) is 0 Å². The van der Waals surface area contributed by atoms with E-state index in [-0.39, 0.29) is 0 Å². The van der Waals surface area contributed by atoms with E-state index in [1.165, 1.54) is 37.9 Å². The molecule has 1 saturated heterocycles. The van der Waals surface area contributed by atoms with E-state index in [9.17, 15) is 0 Å². The number of piperidine rings is 1. The zero-order valence-electron chi connectivity index (χ0n) is 10.4. The quantitative estimate of drug-likeness (QED) is 0.847. The van der Waals surface area contributed by atoms with Gasteiger partial charge >= 0.3 is 0 Å². The molecule has 1 aliphatic heterocycles. The minimum atomic E-state index is 0.565. The Hall–Kier alpha value is -1.06. The second kappa shape index (κ2) is 6.62. The molecule has 1 aromatic carbocycles. The highest BCUT2D eigenvalue weighted by atomic mass is 16.5. The van der Waals surface area contributed by atoms with Gasteiger partial charge in [-0.25, -0.2) is 0 Å². The maximum absolute atomic E-state index is 5.46. The van der Waals surface area contributed by atoms with E-state index in [4.69, 9.17) is 10.5 Å². The third-order valence-electron chi connectivity index (χ3n) is 3.16. The van der Waals surface area contributed by atoms with Crippen LogP contribution < -0.4 is 10.5 Å². The number of nitrogens with two attached hydrogens (primary N) is 1. The van der Waals surface area contributed by atoms with Gasteiger partial charge in [-0.1, -0.05) is 18.6 Å². The van der Waals surface area contributed by atoms with Crippen molar-refractivity contribution < 1.29 is 4.74 Å². The molecule has 17 heavy (non-hydrogen) atoms. The normalized spacial score (nSPS) is 17.0. The third-order valence-corrected chi connectivity index (χ3v) is 3.16. The van der Waals surface area contributed by atoms with Crippen LogP contribution in [0.3, 0.4) is 0 Å². The van der Waals surface area contributed by atoms with Gasteiger partial charge < -0.3 is 10.5 Å². The van der Waals surface area contributed by atoms with Crippen molar-refractivity contribution >= 4 is 0 Å². The van der Waals surface area contributed by atoms with Crippen molar-refractivity contribution in [2.24, 2.45) is 5.73 Å². The van der Waals surface area contributed by atoms with Crippen molar-refractivity contribution in [1.29, 1.82) is 0 Å². The van der Waals surface area contributed by atoms with Crippen LogP contribution in [0.1, 0.15) is 24.8 Å². The van der Waals surface area contributed by atoms with E-state index in [1.54, 1.807) is 0 Å². The van der Waals surface area contributed by atoms with Crippen molar-refractivity contribution in [2.75, 3.05) is 26.2 Å². The summed E-state index contributed by atoms with van der Waals surface area (Å²) in [5, 5.41) is 0. The predicted octanol–water partition coefficient (Wildman–Crippen LogP) is 2.01. The lowest BCUT2D eigenvalue weighted by molar-refractivity contribution is 0.221. The fourth-order valence-corrected chi connectivity index (χ4v) is 2.24. The van der Waals surface area contributed by atoms with Crippen molar-refractivity contribution in [3.05, 3.63) is 29.8 Å². The highest BCUT2D eigenvalue weighted by Gasteiger charge is 2.10. The summed E-state index contributed by atoms with van der Waals surface area (Å²) in [5.74, 6) is 0.915. The molecule has 0 aromatic heterocycles. The van der Waals surface area contributed by atoms with Crippen molar-refractivity contribution in [2.45, 2.75) is 25.8 Å². The first kappa shape index (κ1) is 12.4. The Kier molecular flexibility index (Phi) is 4.83. The molecule has 0 amide bonds. The molecule has 0 unspecified atom stereocenters. The Labute approximate surface area is 104 Å². The van der Waals surface area contributed by atoms with E-state index in [2.05, 4.69) is 17.0 Å². The summed E-state index contributed by atoms with van der Waals surface area (Å²) in [5.41, 5.74) is 6.77. The number of nitrogens with zero attached hydrogens (tertiary/aromatic N) is 1. The van der Waals surface area contributed by atoms with Crippen molar-refractivity contribution in [1.82, 2.24) is 4.90 Å². The van der Waals surface area contributed by atoms with Gasteiger partial charge in [0.2, 0.25) is 0 Å². The number of hydrogen-bond donors (Lipinski definition) is 1. The van der Waals surface area contributed by atoms with Gasteiger partial charge in [-0.05, 0) is 43.6 Å². The Morgan fingerprint density at radius 3 is 2.41 bits per heavy atom. The molecule has 2 rings (SSSR count). The monoisotopic (exact) mass is 234 g/mol. The first-order valence-electron chi connectivity index (χ1n) is 6.52. The van der Waals surface area contributed by atoms with Crippen LogP contribution in [-0.4, -0.2) is 31.1 Å². The number of likely N-dealkylation sites (tertiary alicyclic amines) is 1. The van der Waals surface area contributed by atoms with E-state index in [1.807, 2.05) is 12.1 Å². The Morgan fingerprint density at radius 1 is 1.06 bits per heavy atom. The second-order valence-electron chi connectivity index (χ2n) is 4.62. The standard InChI is InChI=1S/C14H22N2O/c15-8-11-17-14-6-4-13(5-7-14)12-16-9-2-1-3-10-16/h4-7H,1-3,8-12,15H2. The largest absolute Gasteiger partial charge is 0.492 e. The molecule has 2 N–H and O–H groups in total. The van der Waals surface area contributed by atoms with E-state index in [0.717, 1.165) is 12.3 Å². The zero-order valence-corrected chi connectivity index (χ0v) is 10.4. The number of ether oxygens (including phenoxy) is 1. The van der Waals surface area contributed by atoms with Crippen LogP contribution in [0.15, 0.2) is 24.3 Å². The molecule has 1 heterocycles. The minimum absolute atomic E-state index is 0.565. The maximum Gasteiger partial charge on any atom is 0.119 e. The van der Waals surface area contributed by atoms with Gasteiger partial charge in [-0.2, -0.15) is 0 Å².